The maximum atomic E-state index is 6.03. The van der Waals surface area contributed by atoms with Crippen molar-refractivity contribution in [2.24, 2.45) is 5.92 Å². The first kappa shape index (κ1) is 12.4. The van der Waals surface area contributed by atoms with Gasteiger partial charge >= 0.3 is 0 Å². The van der Waals surface area contributed by atoms with E-state index in [1.54, 1.807) is 11.3 Å². The molecule has 84 valence electrons. The van der Waals surface area contributed by atoms with E-state index in [-0.39, 0.29) is 0 Å². The largest absolute Gasteiger partial charge is 0.381 e. The van der Waals surface area contributed by atoms with Crippen LogP contribution in [-0.4, -0.2) is 13.2 Å². The highest BCUT2D eigenvalue weighted by Crippen LogP contribution is 2.43. The van der Waals surface area contributed by atoms with Crippen LogP contribution in [0, 0.1) is 5.92 Å². The molecule has 1 unspecified atom stereocenters. The molecule has 5 heteroatoms. The molecule has 0 aromatic carbocycles. The summed E-state index contributed by atoms with van der Waals surface area (Å²) in [7, 11) is 0. The van der Waals surface area contributed by atoms with Gasteiger partial charge in [-0.05, 0) is 40.8 Å². The Labute approximate surface area is 115 Å². The van der Waals surface area contributed by atoms with Crippen LogP contribution in [0.4, 0.5) is 0 Å². The predicted molar refractivity (Wildman–Crippen MR) is 72.2 cm³/mol. The minimum Gasteiger partial charge on any atom is -0.381 e. The summed E-state index contributed by atoms with van der Waals surface area (Å²) in [5, 5.41) is 0.812. The first-order valence-electron chi connectivity index (χ1n) is 4.85. The summed E-state index contributed by atoms with van der Waals surface area (Å²) in [5.41, 5.74) is 0. The SMILES string of the molecule is Clc1cc(C(Br)C2CCOCC2)sc1Br. The molecule has 1 saturated heterocycles. The fourth-order valence-corrected chi connectivity index (χ4v) is 4.50. The molecule has 1 atom stereocenters. The van der Waals surface area contributed by atoms with E-state index in [4.69, 9.17) is 16.3 Å². The van der Waals surface area contributed by atoms with E-state index in [2.05, 4.69) is 31.9 Å². The molecule has 1 aromatic heterocycles. The quantitative estimate of drug-likeness (QED) is 0.660. The molecule has 0 bridgehead atoms. The van der Waals surface area contributed by atoms with E-state index < -0.39 is 0 Å². The molecule has 1 aromatic rings. The Balaban J connectivity index is 2.08. The zero-order chi connectivity index (χ0) is 10.8. The predicted octanol–water partition coefficient (Wildman–Crippen LogP) is 5.03. The number of thiophene rings is 1. The molecule has 0 spiro atoms. The minimum absolute atomic E-state index is 0.412. The normalized spacial score (nSPS) is 20.5. The van der Waals surface area contributed by atoms with E-state index in [1.807, 2.05) is 6.07 Å². The third-order valence-electron chi connectivity index (χ3n) is 2.62. The van der Waals surface area contributed by atoms with E-state index in [9.17, 15) is 0 Å². The van der Waals surface area contributed by atoms with Crippen LogP contribution in [0.15, 0.2) is 9.85 Å². The van der Waals surface area contributed by atoms with Crippen LogP contribution in [0.25, 0.3) is 0 Å². The summed E-state index contributed by atoms with van der Waals surface area (Å²) < 4.78 is 6.39. The van der Waals surface area contributed by atoms with Gasteiger partial charge in [0.1, 0.15) is 0 Å². The Morgan fingerprint density at radius 3 is 2.67 bits per heavy atom. The summed E-state index contributed by atoms with van der Waals surface area (Å²) in [6.07, 6.45) is 2.26. The van der Waals surface area contributed by atoms with Crippen molar-refractivity contribution < 1.29 is 4.74 Å². The summed E-state index contributed by atoms with van der Waals surface area (Å²) in [4.78, 5) is 1.72. The lowest BCUT2D eigenvalue weighted by molar-refractivity contribution is 0.0664. The number of hydrogen-bond donors (Lipinski definition) is 0. The average molecular weight is 375 g/mol. The standard InChI is InChI=1S/C10H11Br2ClOS/c11-9(6-1-3-14-4-2-6)8-5-7(13)10(12)15-8/h5-6,9H,1-4H2. The van der Waals surface area contributed by atoms with Gasteiger partial charge in [-0.15, -0.1) is 11.3 Å². The average Bonchev–Trinajstić information content (AvgIpc) is 2.59. The number of ether oxygens (including phenoxy) is 1. The van der Waals surface area contributed by atoms with Gasteiger partial charge in [0, 0.05) is 18.1 Å². The van der Waals surface area contributed by atoms with E-state index >= 15 is 0 Å². The fraction of sp³-hybridized carbons (Fsp3) is 0.600. The lowest BCUT2D eigenvalue weighted by Gasteiger charge is -2.25. The third kappa shape index (κ3) is 2.97. The van der Waals surface area contributed by atoms with Crippen LogP contribution in [0.2, 0.25) is 5.02 Å². The summed E-state index contributed by atoms with van der Waals surface area (Å²) >= 11 is 15.0. The Morgan fingerprint density at radius 2 is 2.13 bits per heavy atom. The van der Waals surface area contributed by atoms with Crippen LogP contribution in [-0.2, 0) is 4.74 Å². The Hall–Kier alpha value is 0.910. The fourth-order valence-electron chi connectivity index (χ4n) is 1.74. The van der Waals surface area contributed by atoms with Gasteiger partial charge in [-0.25, -0.2) is 0 Å². The van der Waals surface area contributed by atoms with Crippen molar-refractivity contribution in [2.45, 2.75) is 17.7 Å². The van der Waals surface area contributed by atoms with Crippen molar-refractivity contribution >= 4 is 54.8 Å². The van der Waals surface area contributed by atoms with Gasteiger partial charge in [0.05, 0.1) is 13.6 Å². The van der Waals surface area contributed by atoms with Crippen LogP contribution in [0.3, 0.4) is 0 Å². The van der Waals surface area contributed by atoms with Gasteiger partial charge in [-0.1, -0.05) is 27.5 Å². The van der Waals surface area contributed by atoms with Gasteiger partial charge in [0.15, 0.2) is 0 Å². The zero-order valence-corrected chi connectivity index (χ0v) is 12.8. The lowest BCUT2D eigenvalue weighted by Crippen LogP contribution is -2.18. The second-order valence-electron chi connectivity index (χ2n) is 3.62. The highest BCUT2D eigenvalue weighted by atomic mass is 79.9. The zero-order valence-electron chi connectivity index (χ0n) is 8.01. The Bertz CT molecular complexity index is 317. The van der Waals surface area contributed by atoms with Gasteiger partial charge in [-0.2, -0.15) is 0 Å². The molecular weight excluding hydrogens is 363 g/mol. The monoisotopic (exact) mass is 372 g/mol. The van der Waals surface area contributed by atoms with Crippen molar-refractivity contribution in [2.75, 3.05) is 13.2 Å². The molecule has 0 radical (unpaired) electrons. The van der Waals surface area contributed by atoms with Crippen LogP contribution in [0.5, 0.6) is 0 Å². The third-order valence-corrected chi connectivity index (χ3v) is 6.72. The second-order valence-corrected chi connectivity index (χ2v) is 7.42. The molecular formula is C10H11Br2ClOS. The van der Waals surface area contributed by atoms with E-state index in [0.29, 0.717) is 10.7 Å². The van der Waals surface area contributed by atoms with E-state index in [0.717, 1.165) is 34.9 Å². The molecule has 2 rings (SSSR count). The second kappa shape index (κ2) is 5.50. The van der Waals surface area contributed by atoms with Crippen molar-refractivity contribution in [3.05, 3.63) is 19.8 Å². The molecule has 0 N–H and O–H groups in total. The molecule has 1 fully saturated rings. The van der Waals surface area contributed by atoms with Crippen LogP contribution >= 0.6 is 54.8 Å². The molecule has 0 amide bonds. The summed E-state index contributed by atoms with van der Waals surface area (Å²) in [6.45, 7) is 1.76. The molecule has 1 aliphatic rings. The van der Waals surface area contributed by atoms with Gasteiger partial charge in [0.2, 0.25) is 0 Å². The lowest BCUT2D eigenvalue weighted by atomic mass is 9.96. The van der Waals surface area contributed by atoms with Crippen molar-refractivity contribution in [3.8, 4) is 0 Å². The number of hydrogen-bond acceptors (Lipinski definition) is 2. The van der Waals surface area contributed by atoms with Crippen LogP contribution < -0.4 is 0 Å². The van der Waals surface area contributed by atoms with E-state index in [1.165, 1.54) is 4.88 Å². The maximum Gasteiger partial charge on any atom is 0.0887 e. The van der Waals surface area contributed by atoms with Crippen molar-refractivity contribution in [3.63, 3.8) is 0 Å². The highest BCUT2D eigenvalue weighted by molar-refractivity contribution is 9.11. The number of rotatable bonds is 2. The molecule has 1 aliphatic heterocycles. The van der Waals surface area contributed by atoms with Crippen LogP contribution in [0.1, 0.15) is 22.5 Å². The van der Waals surface area contributed by atoms with Gasteiger partial charge in [-0.3, -0.25) is 0 Å². The first-order chi connectivity index (χ1) is 7.18. The van der Waals surface area contributed by atoms with Gasteiger partial charge < -0.3 is 4.74 Å². The molecule has 2 heterocycles. The number of alkyl halides is 1. The topological polar surface area (TPSA) is 9.23 Å². The summed E-state index contributed by atoms with van der Waals surface area (Å²) in [5.74, 6) is 0.667. The highest BCUT2D eigenvalue weighted by Gasteiger charge is 2.25. The molecule has 15 heavy (non-hydrogen) atoms. The Kier molecular flexibility index (Phi) is 4.53. The smallest absolute Gasteiger partial charge is 0.0887 e. The summed E-state index contributed by atoms with van der Waals surface area (Å²) in [6, 6.07) is 2.05. The van der Waals surface area contributed by atoms with Gasteiger partial charge in [0.25, 0.3) is 0 Å². The Morgan fingerprint density at radius 1 is 1.47 bits per heavy atom. The first-order valence-corrected chi connectivity index (χ1v) is 7.75. The van der Waals surface area contributed by atoms with Crippen molar-refractivity contribution in [1.29, 1.82) is 0 Å². The molecule has 0 aliphatic carbocycles. The molecule has 0 saturated carbocycles. The maximum absolute atomic E-state index is 6.03. The number of halogens is 3. The molecule has 1 nitrogen and oxygen atoms in total. The van der Waals surface area contributed by atoms with Crippen molar-refractivity contribution in [1.82, 2.24) is 0 Å². The minimum atomic E-state index is 0.412.